The fraction of sp³-hybridized carbons (Fsp3) is 0.143. The van der Waals surface area contributed by atoms with E-state index in [1.165, 1.54) is 5.56 Å². The van der Waals surface area contributed by atoms with Gasteiger partial charge in [-0.3, -0.25) is 0 Å². The van der Waals surface area contributed by atoms with Gasteiger partial charge in [0.25, 0.3) is 0 Å². The summed E-state index contributed by atoms with van der Waals surface area (Å²) in [6.45, 7) is 2.67. The average molecular weight is 319 g/mol. The minimum absolute atomic E-state index is 0.165. The summed E-state index contributed by atoms with van der Waals surface area (Å²) in [5, 5.41) is 12.7. The van der Waals surface area contributed by atoms with Gasteiger partial charge in [0.05, 0.1) is 0 Å². The zero-order valence-corrected chi connectivity index (χ0v) is 13.6. The molecule has 0 bridgehead atoms. The average Bonchev–Trinajstić information content (AvgIpc) is 2.63. The quantitative estimate of drug-likeness (QED) is 0.618. The molecule has 0 heterocycles. The molecule has 0 aliphatic heterocycles. The van der Waals surface area contributed by atoms with Gasteiger partial charge in [0.1, 0.15) is 18.1 Å². The highest BCUT2D eigenvalue weighted by atomic mass is 16.5. The van der Waals surface area contributed by atoms with Crippen LogP contribution in [0.4, 0.5) is 5.69 Å². The Bertz CT molecular complexity index is 752. The highest BCUT2D eigenvalue weighted by Crippen LogP contribution is 2.23. The van der Waals surface area contributed by atoms with Gasteiger partial charge < -0.3 is 15.2 Å². The normalized spacial score (nSPS) is 11.7. The predicted molar refractivity (Wildman–Crippen MR) is 97.4 cm³/mol. The molecule has 3 heteroatoms. The van der Waals surface area contributed by atoms with Crippen LogP contribution in [-0.4, -0.2) is 5.11 Å². The molecule has 0 radical (unpaired) electrons. The van der Waals surface area contributed by atoms with Crippen LogP contribution >= 0.6 is 0 Å². The van der Waals surface area contributed by atoms with E-state index in [1.807, 2.05) is 42.5 Å². The number of benzene rings is 3. The van der Waals surface area contributed by atoms with E-state index in [9.17, 15) is 5.11 Å². The van der Waals surface area contributed by atoms with Gasteiger partial charge in [-0.2, -0.15) is 0 Å². The van der Waals surface area contributed by atoms with Crippen LogP contribution in [0.3, 0.4) is 0 Å². The standard InChI is InChI=1S/C21H21NO2/c1-16(22-19-9-11-20(23)12-10-19)18-7-13-21(14-8-18)24-15-17-5-3-2-4-6-17/h2-14,16,22-23H,15H2,1H3. The first-order valence-electron chi connectivity index (χ1n) is 8.03. The smallest absolute Gasteiger partial charge is 0.119 e. The van der Waals surface area contributed by atoms with Gasteiger partial charge in [-0.05, 0) is 54.4 Å². The Morgan fingerprint density at radius 1 is 0.875 bits per heavy atom. The molecule has 3 aromatic rings. The molecule has 0 aliphatic rings. The van der Waals surface area contributed by atoms with Crippen LogP contribution in [0.1, 0.15) is 24.1 Å². The Kier molecular flexibility index (Phi) is 5.02. The van der Waals surface area contributed by atoms with Crippen LogP contribution in [-0.2, 0) is 6.61 Å². The molecule has 3 nitrogen and oxygen atoms in total. The van der Waals surface area contributed by atoms with Crippen molar-refractivity contribution in [1.82, 2.24) is 0 Å². The number of hydrogen-bond acceptors (Lipinski definition) is 3. The fourth-order valence-corrected chi connectivity index (χ4v) is 2.48. The lowest BCUT2D eigenvalue weighted by atomic mass is 10.1. The van der Waals surface area contributed by atoms with Crippen molar-refractivity contribution >= 4 is 5.69 Å². The minimum atomic E-state index is 0.165. The highest BCUT2D eigenvalue weighted by Gasteiger charge is 2.06. The first-order chi connectivity index (χ1) is 11.7. The summed E-state index contributed by atoms with van der Waals surface area (Å²) in [7, 11) is 0. The molecule has 0 aliphatic carbocycles. The Balaban J connectivity index is 1.58. The molecule has 1 unspecified atom stereocenters. The lowest BCUT2D eigenvalue weighted by Gasteiger charge is -2.16. The molecule has 0 amide bonds. The summed E-state index contributed by atoms with van der Waals surface area (Å²) >= 11 is 0. The SMILES string of the molecule is CC(Nc1ccc(O)cc1)c1ccc(OCc2ccccc2)cc1. The van der Waals surface area contributed by atoms with E-state index in [-0.39, 0.29) is 11.8 Å². The van der Waals surface area contributed by atoms with Crippen LogP contribution in [0.15, 0.2) is 78.9 Å². The Morgan fingerprint density at radius 2 is 1.54 bits per heavy atom. The first-order valence-corrected chi connectivity index (χ1v) is 8.03. The third-order valence-corrected chi connectivity index (χ3v) is 3.88. The molecular formula is C21H21NO2. The van der Waals surface area contributed by atoms with Gasteiger partial charge in [-0.15, -0.1) is 0 Å². The predicted octanol–water partition coefficient (Wildman–Crippen LogP) is 5.14. The molecule has 24 heavy (non-hydrogen) atoms. The summed E-state index contributed by atoms with van der Waals surface area (Å²) in [5.74, 6) is 1.13. The Labute approximate surface area is 142 Å². The Morgan fingerprint density at radius 3 is 2.21 bits per heavy atom. The number of phenolic OH excluding ortho intramolecular Hbond substituents is 1. The lowest BCUT2D eigenvalue weighted by molar-refractivity contribution is 0.306. The van der Waals surface area contributed by atoms with Crippen molar-refractivity contribution in [3.05, 3.63) is 90.0 Å². The second-order valence-corrected chi connectivity index (χ2v) is 5.76. The zero-order valence-electron chi connectivity index (χ0n) is 13.6. The van der Waals surface area contributed by atoms with Gasteiger partial charge >= 0.3 is 0 Å². The lowest BCUT2D eigenvalue weighted by Crippen LogP contribution is -2.06. The number of ether oxygens (including phenoxy) is 1. The number of nitrogens with one attached hydrogen (secondary N) is 1. The molecule has 0 fully saturated rings. The molecule has 0 saturated carbocycles. The van der Waals surface area contributed by atoms with Crippen molar-refractivity contribution in [2.45, 2.75) is 19.6 Å². The van der Waals surface area contributed by atoms with Crippen molar-refractivity contribution in [3.63, 3.8) is 0 Å². The van der Waals surface area contributed by atoms with E-state index in [0.717, 1.165) is 17.0 Å². The molecule has 0 aromatic heterocycles. The molecule has 2 N–H and O–H groups in total. The minimum Gasteiger partial charge on any atom is -0.508 e. The number of phenols is 1. The summed E-state index contributed by atoms with van der Waals surface area (Å²) in [4.78, 5) is 0. The first kappa shape index (κ1) is 15.9. The molecule has 3 rings (SSSR count). The fourth-order valence-electron chi connectivity index (χ4n) is 2.48. The highest BCUT2D eigenvalue weighted by molar-refractivity contribution is 5.48. The van der Waals surface area contributed by atoms with Crippen LogP contribution in [0.2, 0.25) is 0 Å². The van der Waals surface area contributed by atoms with Gasteiger partial charge in [-0.1, -0.05) is 42.5 Å². The van der Waals surface area contributed by atoms with Gasteiger partial charge in [-0.25, -0.2) is 0 Å². The van der Waals surface area contributed by atoms with E-state index in [4.69, 9.17) is 4.74 Å². The van der Waals surface area contributed by atoms with Gasteiger partial charge in [0, 0.05) is 11.7 Å². The summed E-state index contributed by atoms with van der Waals surface area (Å²) < 4.78 is 5.81. The van der Waals surface area contributed by atoms with Gasteiger partial charge in [0.2, 0.25) is 0 Å². The van der Waals surface area contributed by atoms with E-state index < -0.39 is 0 Å². The molecule has 1 atom stereocenters. The monoisotopic (exact) mass is 319 g/mol. The molecule has 3 aromatic carbocycles. The second kappa shape index (κ2) is 7.55. The van der Waals surface area contributed by atoms with E-state index in [1.54, 1.807) is 12.1 Å². The topological polar surface area (TPSA) is 41.5 Å². The summed E-state index contributed by atoms with van der Waals surface area (Å²) in [6, 6.07) is 25.5. The maximum absolute atomic E-state index is 9.33. The third kappa shape index (κ3) is 4.29. The van der Waals surface area contributed by atoms with Crippen molar-refractivity contribution in [3.8, 4) is 11.5 Å². The van der Waals surface area contributed by atoms with Crippen molar-refractivity contribution < 1.29 is 9.84 Å². The van der Waals surface area contributed by atoms with E-state index >= 15 is 0 Å². The van der Waals surface area contributed by atoms with Crippen LogP contribution in [0.25, 0.3) is 0 Å². The molecular weight excluding hydrogens is 298 g/mol. The molecule has 122 valence electrons. The number of aromatic hydroxyl groups is 1. The molecule has 0 spiro atoms. The number of anilines is 1. The zero-order chi connectivity index (χ0) is 16.8. The maximum Gasteiger partial charge on any atom is 0.119 e. The summed E-state index contributed by atoms with van der Waals surface area (Å²) in [5.41, 5.74) is 3.31. The second-order valence-electron chi connectivity index (χ2n) is 5.76. The summed E-state index contributed by atoms with van der Waals surface area (Å²) in [6.07, 6.45) is 0. The van der Waals surface area contributed by atoms with E-state index in [2.05, 4.69) is 36.5 Å². The maximum atomic E-state index is 9.33. The number of hydrogen-bond donors (Lipinski definition) is 2. The third-order valence-electron chi connectivity index (χ3n) is 3.88. The van der Waals surface area contributed by atoms with Crippen molar-refractivity contribution in [1.29, 1.82) is 0 Å². The molecule has 0 saturated heterocycles. The van der Waals surface area contributed by atoms with Crippen LogP contribution < -0.4 is 10.1 Å². The van der Waals surface area contributed by atoms with Crippen molar-refractivity contribution in [2.24, 2.45) is 0 Å². The van der Waals surface area contributed by atoms with Gasteiger partial charge in [0.15, 0.2) is 0 Å². The van der Waals surface area contributed by atoms with Crippen LogP contribution in [0.5, 0.6) is 11.5 Å². The van der Waals surface area contributed by atoms with Crippen molar-refractivity contribution in [2.75, 3.05) is 5.32 Å². The number of rotatable bonds is 6. The van der Waals surface area contributed by atoms with Crippen LogP contribution in [0, 0.1) is 0 Å². The van der Waals surface area contributed by atoms with E-state index in [0.29, 0.717) is 6.61 Å². The Hall–Kier alpha value is -2.94. The largest absolute Gasteiger partial charge is 0.508 e.